The van der Waals surface area contributed by atoms with E-state index in [1.165, 1.54) is 10.4 Å². The van der Waals surface area contributed by atoms with Gasteiger partial charge in [0.15, 0.2) is 5.82 Å². The third kappa shape index (κ3) is 1.95. The van der Waals surface area contributed by atoms with Crippen LogP contribution in [0.25, 0.3) is 11.4 Å². The van der Waals surface area contributed by atoms with Crippen molar-refractivity contribution in [3.8, 4) is 11.4 Å². The molecule has 0 aromatic carbocycles. The molecule has 0 saturated carbocycles. The Hall–Kier alpha value is -1.36. The molecule has 0 aliphatic rings. The fraction of sp³-hybridized carbons (Fsp3) is 0.500. The number of aryl methyl sites for hydroxylation is 2. The van der Waals surface area contributed by atoms with Gasteiger partial charge >= 0.3 is 0 Å². The van der Waals surface area contributed by atoms with Crippen LogP contribution < -0.4 is 5.73 Å². The first-order valence-electron chi connectivity index (χ1n) is 5.81. The highest BCUT2D eigenvalue weighted by atomic mass is 32.1. The molecule has 0 atom stereocenters. The van der Waals surface area contributed by atoms with Crippen molar-refractivity contribution in [3.05, 3.63) is 16.3 Å². The molecule has 0 unspecified atom stereocenters. The highest BCUT2D eigenvalue weighted by molar-refractivity contribution is 7.16. The molecule has 4 nitrogen and oxygen atoms in total. The zero-order valence-electron chi connectivity index (χ0n) is 10.7. The lowest BCUT2D eigenvalue weighted by molar-refractivity contribution is 0.663. The van der Waals surface area contributed by atoms with Crippen molar-refractivity contribution in [2.24, 2.45) is 0 Å². The number of nitrogens with two attached hydrogens (primary N) is 1. The van der Waals surface area contributed by atoms with Crippen molar-refractivity contribution in [2.75, 3.05) is 5.73 Å². The smallest absolute Gasteiger partial charge is 0.167 e. The maximum Gasteiger partial charge on any atom is 0.167 e. The van der Waals surface area contributed by atoms with Gasteiger partial charge in [-0.05, 0) is 32.8 Å². The fourth-order valence-electron chi connectivity index (χ4n) is 1.99. The Morgan fingerprint density at radius 3 is 2.47 bits per heavy atom. The van der Waals surface area contributed by atoms with Gasteiger partial charge in [0.2, 0.25) is 0 Å². The highest BCUT2D eigenvalue weighted by Gasteiger charge is 2.18. The molecule has 0 amide bonds. The second-order valence-electron chi connectivity index (χ2n) is 4.24. The van der Waals surface area contributed by atoms with Crippen LogP contribution in [-0.4, -0.2) is 14.8 Å². The second kappa shape index (κ2) is 4.49. The lowest BCUT2D eigenvalue weighted by atomic mass is 10.1. The normalized spacial score (nSPS) is 11.1. The van der Waals surface area contributed by atoms with Gasteiger partial charge in [0.25, 0.3) is 0 Å². The Morgan fingerprint density at radius 2 is 1.94 bits per heavy atom. The average molecular weight is 250 g/mol. The van der Waals surface area contributed by atoms with Gasteiger partial charge in [0, 0.05) is 11.4 Å². The van der Waals surface area contributed by atoms with E-state index in [4.69, 9.17) is 5.73 Å². The van der Waals surface area contributed by atoms with E-state index in [1.54, 1.807) is 11.3 Å². The average Bonchev–Trinajstić information content (AvgIpc) is 2.73. The second-order valence-corrected chi connectivity index (χ2v) is 5.50. The SMILES string of the molecule is CCCn1c(C)nnc1-c1c(N)sc(C)c1C. The maximum atomic E-state index is 6.09. The zero-order chi connectivity index (χ0) is 12.6. The third-order valence-electron chi connectivity index (χ3n) is 3.02. The number of hydrogen-bond acceptors (Lipinski definition) is 4. The summed E-state index contributed by atoms with van der Waals surface area (Å²) >= 11 is 1.62. The third-order valence-corrected chi connectivity index (χ3v) is 4.06. The first kappa shape index (κ1) is 12.1. The fourth-order valence-corrected chi connectivity index (χ4v) is 2.92. The van der Waals surface area contributed by atoms with Crippen LogP contribution in [0.1, 0.15) is 29.6 Å². The summed E-state index contributed by atoms with van der Waals surface area (Å²) in [5, 5.41) is 9.28. The largest absolute Gasteiger partial charge is 0.390 e. The Morgan fingerprint density at radius 1 is 1.24 bits per heavy atom. The minimum Gasteiger partial charge on any atom is -0.390 e. The molecule has 0 saturated heterocycles. The molecule has 2 rings (SSSR count). The van der Waals surface area contributed by atoms with Crippen LogP contribution in [0.4, 0.5) is 5.00 Å². The van der Waals surface area contributed by atoms with Crippen LogP contribution in [0.3, 0.4) is 0 Å². The Labute approximate surface area is 105 Å². The van der Waals surface area contributed by atoms with Crippen molar-refractivity contribution in [3.63, 3.8) is 0 Å². The van der Waals surface area contributed by atoms with E-state index in [-0.39, 0.29) is 0 Å². The van der Waals surface area contributed by atoms with E-state index in [9.17, 15) is 0 Å². The quantitative estimate of drug-likeness (QED) is 0.911. The molecule has 0 radical (unpaired) electrons. The molecule has 0 bridgehead atoms. The lowest BCUT2D eigenvalue weighted by Gasteiger charge is -2.07. The molecule has 92 valence electrons. The molecule has 2 aromatic rings. The number of nitrogens with zero attached hydrogens (tertiary/aromatic N) is 3. The number of aromatic nitrogens is 3. The van der Waals surface area contributed by atoms with Crippen LogP contribution in [0.15, 0.2) is 0 Å². The Bertz CT molecular complexity index is 539. The number of hydrogen-bond donors (Lipinski definition) is 1. The van der Waals surface area contributed by atoms with Crippen LogP contribution in [-0.2, 0) is 6.54 Å². The van der Waals surface area contributed by atoms with Gasteiger partial charge in [0.05, 0.1) is 10.6 Å². The summed E-state index contributed by atoms with van der Waals surface area (Å²) in [6, 6.07) is 0. The van der Waals surface area contributed by atoms with Crippen molar-refractivity contribution in [1.82, 2.24) is 14.8 Å². The molecule has 17 heavy (non-hydrogen) atoms. The zero-order valence-corrected chi connectivity index (χ0v) is 11.6. The standard InChI is InChI=1S/C12H18N4S/c1-5-6-16-9(4)14-15-12(16)10-7(2)8(3)17-11(10)13/h5-6,13H2,1-4H3. The Kier molecular flexibility index (Phi) is 3.19. The molecule has 0 spiro atoms. The van der Waals surface area contributed by atoms with Crippen molar-refractivity contribution in [2.45, 2.75) is 40.7 Å². The van der Waals surface area contributed by atoms with Crippen molar-refractivity contribution in [1.29, 1.82) is 0 Å². The minimum atomic E-state index is 0.838. The molecule has 0 fully saturated rings. The number of rotatable bonds is 3. The van der Waals surface area contributed by atoms with Gasteiger partial charge in [-0.2, -0.15) is 0 Å². The summed E-state index contributed by atoms with van der Waals surface area (Å²) < 4.78 is 2.14. The van der Waals surface area contributed by atoms with Crippen LogP contribution in [0, 0.1) is 20.8 Å². The molecule has 2 heterocycles. The van der Waals surface area contributed by atoms with E-state index in [2.05, 4.69) is 35.5 Å². The number of nitrogen functional groups attached to an aromatic ring is 1. The van der Waals surface area contributed by atoms with E-state index in [0.29, 0.717) is 0 Å². The molecule has 0 aliphatic heterocycles. The van der Waals surface area contributed by atoms with E-state index in [0.717, 1.165) is 35.2 Å². The molecular formula is C12H18N4S. The van der Waals surface area contributed by atoms with E-state index >= 15 is 0 Å². The Balaban J connectivity index is 2.60. The van der Waals surface area contributed by atoms with E-state index < -0.39 is 0 Å². The summed E-state index contributed by atoms with van der Waals surface area (Å²) in [5.41, 5.74) is 8.36. The maximum absolute atomic E-state index is 6.09. The van der Waals surface area contributed by atoms with Gasteiger partial charge in [-0.25, -0.2) is 0 Å². The summed E-state index contributed by atoms with van der Waals surface area (Å²) in [5.74, 6) is 1.85. The topological polar surface area (TPSA) is 56.7 Å². The predicted molar refractivity (Wildman–Crippen MR) is 72.2 cm³/mol. The van der Waals surface area contributed by atoms with Gasteiger partial charge in [-0.15, -0.1) is 21.5 Å². The summed E-state index contributed by atoms with van der Waals surface area (Å²) in [6.07, 6.45) is 1.06. The van der Waals surface area contributed by atoms with Gasteiger partial charge in [0.1, 0.15) is 5.82 Å². The van der Waals surface area contributed by atoms with Gasteiger partial charge in [-0.3, -0.25) is 0 Å². The molecule has 0 aliphatic carbocycles. The van der Waals surface area contributed by atoms with Crippen molar-refractivity contribution >= 4 is 16.3 Å². The van der Waals surface area contributed by atoms with Gasteiger partial charge < -0.3 is 10.3 Å². The first-order valence-corrected chi connectivity index (χ1v) is 6.63. The molecule has 2 N–H and O–H groups in total. The van der Waals surface area contributed by atoms with Crippen LogP contribution in [0.5, 0.6) is 0 Å². The van der Waals surface area contributed by atoms with Crippen LogP contribution in [0.2, 0.25) is 0 Å². The summed E-state index contributed by atoms with van der Waals surface area (Å²) in [4.78, 5) is 1.25. The van der Waals surface area contributed by atoms with Gasteiger partial charge in [-0.1, -0.05) is 6.92 Å². The highest BCUT2D eigenvalue weighted by Crippen LogP contribution is 2.37. The van der Waals surface area contributed by atoms with Crippen molar-refractivity contribution < 1.29 is 0 Å². The predicted octanol–water partition coefficient (Wildman–Crippen LogP) is 2.92. The lowest BCUT2D eigenvalue weighted by Crippen LogP contribution is -2.03. The summed E-state index contributed by atoms with van der Waals surface area (Å²) in [7, 11) is 0. The first-order chi connectivity index (χ1) is 8.06. The number of anilines is 1. The molecular weight excluding hydrogens is 232 g/mol. The minimum absolute atomic E-state index is 0.838. The number of thiophene rings is 1. The summed E-state index contributed by atoms with van der Waals surface area (Å²) in [6.45, 7) is 9.25. The monoisotopic (exact) mass is 250 g/mol. The molecule has 5 heteroatoms. The van der Waals surface area contributed by atoms with Crippen LogP contribution >= 0.6 is 11.3 Å². The molecule has 2 aromatic heterocycles. The van der Waals surface area contributed by atoms with E-state index in [1.807, 2.05) is 6.92 Å².